The van der Waals surface area contributed by atoms with Gasteiger partial charge in [0.2, 0.25) is 0 Å². The van der Waals surface area contributed by atoms with Crippen molar-refractivity contribution in [3.63, 3.8) is 0 Å². The summed E-state index contributed by atoms with van der Waals surface area (Å²) >= 11 is 6.09. The van der Waals surface area contributed by atoms with Gasteiger partial charge in [-0.05, 0) is 30.7 Å². The number of furan rings is 1. The maximum Gasteiger partial charge on any atom is 0.304 e. The van der Waals surface area contributed by atoms with Crippen molar-refractivity contribution in [2.45, 2.75) is 19.9 Å². The Bertz CT molecular complexity index is 607. The molecular formula is C15H16ClNO3. The van der Waals surface area contributed by atoms with Crippen molar-refractivity contribution in [3.8, 4) is 11.3 Å². The second-order valence-corrected chi connectivity index (χ2v) is 4.91. The van der Waals surface area contributed by atoms with Gasteiger partial charge in [0, 0.05) is 17.1 Å². The molecule has 0 radical (unpaired) electrons. The van der Waals surface area contributed by atoms with E-state index in [9.17, 15) is 4.79 Å². The number of hydrogen-bond donors (Lipinski definition) is 2. The van der Waals surface area contributed by atoms with Gasteiger partial charge in [-0.15, -0.1) is 0 Å². The zero-order chi connectivity index (χ0) is 14.5. The molecule has 0 aliphatic carbocycles. The molecule has 4 nitrogen and oxygen atoms in total. The molecule has 106 valence electrons. The van der Waals surface area contributed by atoms with Crippen molar-refractivity contribution in [2.75, 3.05) is 6.54 Å². The third-order valence-corrected chi connectivity index (χ3v) is 3.42. The summed E-state index contributed by atoms with van der Waals surface area (Å²) in [5.41, 5.74) is 1.95. The zero-order valence-corrected chi connectivity index (χ0v) is 11.9. The standard InChI is InChI=1S/C15H16ClNO3/c1-10-12(3-2-4-13(10)16)14-6-5-11(20-14)9-17-8-7-15(18)19/h2-6,17H,7-9H2,1H3,(H,18,19). The summed E-state index contributed by atoms with van der Waals surface area (Å²) in [4.78, 5) is 10.4. The number of rotatable bonds is 6. The maximum atomic E-state index is 10.4. The Hall–Kier alpha value is -1.78. The van der Waals surface area contributed by atoms with E-state index >= 15 is 0 Å². The Morgan fingerprint density at radius 3 is 2.90 bits per heavy atom. The van der Waals surface area contributed by atoms with Gasteiger partial charge in [-0.2, -0.15) is 0 Å². The number of hydrogen-bond acceptors (Lipinski definition) is 3. The van der Waals surface area contributed by atoms with E-state index in [0.29, 0.717) is 18.1 Å². The summed E-state index contributed by atoms with van der Waals surface area (Å²) in [5.74, 6) is 0.719. The van der Waals surface area contributed by atoms with Crippen LogP contribution in [0.3, 0.4) is 0 Å². The van der Waals surface area contributed by atoms with Crippen LogP contribution in [0.2, 0.25) is 5.02 Å². The normalized spacial score (nSPS) is 10.7. The highest BCUT2D eigenvalue weighted by Gasteiger charge is 2.09. The number of carboxylic acids is 1. The van der Waals surface area contributed by atoms with Crippen LogP contribution in [-0.2, 0) is 11.3 Å². The van der Waals surface area contributed by atoms with Crippen LogP contribution in [-0.4, -0.2) is 17.6 Å². The van der Waals surface area contributed by atoms with E-state index in [1.54, 1.807) is 0 Å². The van der Waals surface area contributed by atoms with Gasteiger partial charge in [0.1, 0.15) is 11.5 Å². The van der Waals surface area contributed by atoms with Crippen LogP contribution in [0.5, 0.6) is 0 Å². The zero-order valence-electron chi connectivity index (χ0n) is 11.1. The van der Waals surface area contributed by atoms with Crippen LogP contribution >= 0.6 is 11.6 Å². The lowest BCUT2D eigenvalue weighted by atomic mass is 10.1. The van der Waals surface area contributed by atoms with Gasteiger partial charge in [0.25, 0.3) is 0 Å². The largest absolute Gasteiger partial charge is 0.481 e. The molecule has 20 heavy (non-hydrogen) atoms. The summed E-state index contributed by atoms with van der Waals surface area (Å²) < 4.78 is 5.74. The molecule has 2 rings (SSSR count). The van der Waals surface area contributed by atoms with E-state index in [0.717, 1.165) is 22.6 Å². The topological polar surface area (TPSA) is 62.5 Å². The highest BCUT2D eigenvalue weighted by Crippen LogP contribution is 2.29. The lowest BCUT2D eigenvalue weighted by Gasteiger charge is -2.04. The molecule has 1 aromatic carbocycles. The number of nitrogens with one attached hydrogen (secondary N) is 1. The third-order valence-electron chi connectivity index (χ3n) is 3.01. The SMILES string of the molecule is Cc1c(Cl)cccc1-c1ccc(CNCCC(=O)O)o1. The fourth-order valence-corrected chi connectivity index (χ4v) is 2.07. The number of benzene rings is 1. The van der Waals surface area contributed by atoms with Gasteiger partial charge in [0.05, 0.1) is 13.0 Å². The number of carbonyl (C=O) groups is 1. The fraction of sp³-hybridized carbons (Fsp3) is 0.267. The molecule has 0 amide bonds. The Morgan fingerprint density at radius 1 is 1.35 bits per heavy atom. The third kappa shape index (κ3) is 3.62. The fourth-order valence-electron chi connectivity index (χ4n) is 1.90. The Balaban J connectivity index is 2.02. The summed E-state index contributed by atoms with van der Waals surface area (Å²) in [6.07, 6.45) is 0.0982. The van der Waals surface area contributed by atoms with Crippen LogP contribution < -0.4 is 5.32 Å². The van der Waals surface area contributed by atoms with Crippen molar-refractivity contribution in [2.24, 2.45) is 0 Å². The highest BCUT2D eigenvalue weighted by molar-refractivity contribution is 6.31. The Morgan fingerprint density at radius 2 is 2.15 bits per heavy atom. The second-order valence-electron chi connectivity index (χ2n) is 4.50. The molecule has 2 N–H and O–H groups in total. The van der Waals surface area contributed by atoms with E-state index in [1.807, 2.05) is 37.3 Å². The molecule has 0 atom stereocenters. The lowest BCUT2D eigenvalue weighted by molar-refractivity contribution is -0.136. The average molecular weight is 294 g/mol. The van der Waals surface area contributed by atoms with Crippen LogP contribution in [0.25, 0.3) is 11.3 Å². The second kappa shape index (κ2) is 6.59. The monoisotopic (exact) mass is 293 g/mol. The summed E-state index contributed by atoms with van der Waals surface area (Å²) in [7, 11) is 0. The van der Waals surface area contributed by atoms with E-state index in [-0.39, 0.29) is 6.42 Å². The van der Waals surface area contributed by atoms with Crippen LogP contribution in [0.1, 0.15) is 17.7 Å². The number of halogens is 1. The first-order valence-electron chi connectivity index (χ1n) is 6.34. The van der Waals surface area contributed by atoms with Gasteiger partial charge < -0.3 is 14.8 Å². The van der Waals surface area contributed by atoms with Crippen molar-refractivity contribution in [1.82, 2.24) is 5.32 Å². The van der Waals surface area contributed by atoms with Gasteiger partial charge in [-0.3, -0.25) is 4.79 Å². The van der Waals surface area contributed by atoms with Crippen LogP contribution in [0.15, 0.2) is 34.7 Å². The molecule has 1 heterocycles. The van der Waals surface area contributed by atoms with Crippen molar-refractivity contribution in [1.29, 1.82) is 0 Å². The predicted molar refractivity (Wildman–Crippen MR) is 77.9 cm³/mol. The van der Waals surface area contributed by atoms with Crippen LogP contribution in [0.4, 0.5) is 0 Å². The van der Waals surface area contributed by atoms with Crippen molar-refractivity contribution < 1.29 is 14.3 Å². The number of aliphatic carboxylic acids is 1. The first kappa shape index (κ1) is 14.6. The minimum atomic E-state index is -0.813. The van der Waals surface area contributed by atoms with Crippen LogP contribution in [0, 0.1) is 6.92 Å². The molecule has 0 saturated heterocycles. The molecule has 0 saturated carbocycles. The molecule has 0 unspecified atom stereocenters. The molecule has 1 aromatic heterocycles. The highest BCUT2D eigenvalue weighted by atomic mass is 35.5. The van der Waals surface area contributed by atoms with Crippen molar-refractivity contribution >= 4 is 17.6 Å². The molecule has 0 aliphatic rings. The summed E-state index contributed by atoms with van der Waals surface area (Å²) in [6, 6.07) is 9.47. The lowest BCUT2D eigenvalue weighted by Crippen LogP contribution is -2.17. The number of carboxylic acid groups (broad SMARTS) is 1. The minimum Gasteiger partial charge on any atom is -0.481 e. The van der Waals surface area contributed by atoms with Crippen molar-refractivity contribution in [3.05, 3.63) is 46.7 Å². The maximum absolute atomic E-state index is 10.4. The quantitative estimate of drug-likeness (QED) is 0.801. The molecule has 2 aromatic rings. The predicted octanol–water partition coefficient (Wildman–Crippen LogP) is 3.47. The molecule has 5 heteroatoms. The Labute approximate surface area is 122 Å². The van der Waals surface area contributed by atoms with Gasteiger partial charge in [0.15, 0.2) is 0 Å². The van der Waals surface area contributed by atoms with Gasteiger partial charge in [-0.25, -0.2) is 0 Å². The minimum absolute atomic E-state index is 0.0982. The Kier molecular flexibility index (Phi) is 4.82. The average Bonchev–Trinajstić information content (AvgIpc) is 2.86. The molecule has 0 fully saturated rings. The molecule has 0 bridgehead atoms. The molecule has 0 spiro atoms. The molecule has 0 aliphatic heterocycles. The van der Waals surface area contributed by atoms with E-state index in [1.165, 1.54) is 0 Å². The van der Waals surface area contributed by atoms with Gasteiger partial charge >= 0.3 is 5.97 Å². The van der Waals surface area contributed by atoms with Gasteiger partial charge in [-0.1, -0.05) is 23.7 Å². The van der Waals surface area contributed by atoms with E-state index in [2.05, 4.69) is 5.32 Å². The summed E-state index contributed by atoms with van der Waals surface area (Å²) in [6.45, 7) is 2.87. The molecular weight excluding hydrogens is 278 g/mol. The first-order valence-corrected chi connectivity index (χ1v) is 6.72. The summed E-state index contributed by atoms with van der Waals surface area (Å²) in [5, 5.41) is 12.3. The smallest absolute Gasteiger partial charge is 0.304 e. The first-order chi connectivity index (χ1) is 9.58. The van der Waals surface area contributed by atoms with E-state index in [4.69, 9.17) is 21.1 Å². The van der Waals surface area contributed by atoms with E-state index < -0.39 is 5.97 Å².